The van der Waals surface area contributed by atoms with E-state index in [1.807, 2.05) is 31.2 Å². The standard InChI is InChI=1S/C12H16O2/c1-3-14-11-6-4-10(5-7-11)12(13)8-9(12)2/h4-7,9,13H,3,8H2,1-2H3. The molecule has 1 aliphatic rings. The van der Waals surface area contributed by atoms with Crippen molar-refractivity contribution in [3.05, 3.63) is 29.8 Å². The molecule has 1 aliphatic carbocycles. The summed E-state index contributed by atoms with van der Waals surface area (Å²) in [5, 5.41) is 10.0. The molecule has 1 aromatic carbocycles. The molecule has 1 fully saturated rings. The summed E-state index contributed by atoms with van der Waals surface area (Å²) < 4.78 is 5.34. The van der Waals surface area contributed by atoms with Gasteiger partial charge in [0.15, 0.2) is 0 Å². The SMILES string of the molecule is CCOc1ccc(C2(O)CC2C)cc1. The summed E-state index contributed by atoms with van der Waals surface area (Å²) in [6, 6.07) is 7.74. The van der Waals surface area contributed by atoms with Gasteiger partial charge in [-0.2, -0.15) is 0 Å². The van der Waals surface area contributed by atoms with Gasteiger partial charge in [0, 0.05) is 0 Å². The Labute approximate surface area is 84.5 Å². The molecule has 14 heavy (non-hydrogen) atoms. The van der Waals surface area contributed by atoms with Crippen molar-refractivity contribution in [2.24, 2.45) is 5.92 Å². The first-order valence-corrected chi connectivity index (χ1v) is 5.12. The molecule has 0 bridgehead atoms. The average Bonchev–Trinajstić information content (AvgIpc) is 2.78. The van der Waals surface area contributed by atoms with E-state index in [1.54, 1.807) is 0 Å². The van der Waals surface area contributed by atoms with Crippen molar-refractivity contribution in [1.82, 2.24) is 0 Å². The van der Waals surface area contributed by atoms with Gasteiger partial charge in [0.25, 0.3) is 0 Å². The topological polar surface area (TPSA) is 29.5 Å². The first-order valence-electron chi connectivity index (χ1n) is 5.12. The van der Waals surface area contributed by atoms with Crippen molar-refractivity contribution in [1.29, 1.82) is 0 Å². The Morgan fingerprint density at radius 1 is 1.43 bits per heavy atom. The highest BCUT2D eigenvalue weighted by Gasteiger charge is 2.50. The van der Waals surface area contributed by atoms with E-state index in [9.17, 15) is 5.11 Å². The lowest BCUT2D eigenvalue weighted by Gasteiger charge is -2.10. The molecule has 2 heteroatoms. The number of hydrogen-bond acceptors (Lipinski definition) is 2. The van der Waals surface area contributed by atoms with Gasteiger partial charge in [-0.25, -0.2) is 0 Å². The summed E-state index contributed by atoms with van der Waals surface area (Å²) in [6.07, 6.45) is 0.876. The maximum absolute atomic E-state index is 10.0. The van der Waals surface area contributed by atoms with Gasteiger partial charge in [0.05, 0.1) is 12.2 Å². The first kappa shape index (κ1) is 9.53. The molecule has 0 spiro atoms. The molecule has 0 saturated heterocycles. The Balaban J connectivity index is 2.15. The zero-order valence-electron chi connectivity index (χ0n) is 8.66. The zero-order chi connectivity index (χ0) is 10.2. The third-order valence-electron chi connectivity index (χ3n) is 2.94. The van der Waals surface area contributed by atoms with Crippen LogP contribution in [-0.4, -0.2) is 11.7 Å². The third kappa shape index (κ3) is 1.50. The van der Waals surface area contributed by atoms with Crippen molar-refractivity contribution in [3.63, 3.8) is 0 Å². The van der Waals surface area contributed by atoms with E-state index >= 15 is 0 Å². The predicted octanol–water partition coefficient (Wildman–Crippen LogP) is 2.31. The molecule has 2 atom stereocenters. The van der Waals surface area contributed by atoms with Crippen molar-refractivity contribution < 1.29 is 9.84 Å². The van der Waals surface area contributed by atoms with E-state index in [4.69, 9.17) is 4.74 Å². The fourth-order valence-corrected chi connectivity index (χ4v) is 1.82. The molecule has 0 aliphatic heterocycles. The zero-order valence-corrected chi connectivity index (χ0v) is 8.66. The second-order valence-corrected chi connectivity index (χ2v) is 3.99. The van der Waals surface area contributed by atoms with E-state index in [0.29, 0.717) is 12.5 Å². The van der Waals surface area contributed by atoms with Gasteiger partial charge in [0.2, 0.25) is 0 Å². The number of rotatable bonds is 3. The minimum atomic E-state index is -0.565. The van der Waals surface area contributed by atoms with E-state index in [0.717, 1.165) is 17.7 Å². The quantitative estimate of drug-likeness (QED) is 0.796. The van der Waals surface area contributed by atoms with Crippen LogP contribution in [0.5, 0.6) is 5.75 Å². The van der Waals surface area contributed by atoms with E-state index < -0.39 is 5.60 Å². The predicted molar refractivity (Wildman–Crippen MR) is 55.3 cm³/mol. The van der Waals surface area contributed by atoms with Crippen molar-refractivity contribution in [2.75, 3.05) is 6.61 Å². The lowest BCUT2D eigenvalue weighted by molar-refractivity contribution is 0.134. The molecule has 1 N–H and O–H groups in total. The Bertz CT molecular complexity index is 318. The van der Waals surface area contributed by atoms with Crippen molar-refractivity contribution >= 4 is 0 Å². The lowest BCUT2D eigenvalue weighted by atomic mass is 10.1. The molecule has 0 amide bonds. The first-order chi connectivity index (χ1) is 6.66. The summed E-state index contributed by atoms with van der Waals surface area (Å²) in [6.45, 7) is 4.71. The molecule has 1 aromatic rings. The normalized spacial score (nSPS) is 30.1. The number of benzene rings is 1. The smallest absolute Gasteiger partial charge is 0.119 e. The largest absolute Gasteiger partial charge is 0.494 e. The number of ether oxygens (including phenoxy) is 1. The van der Waals surface area contributed by atoms with Crippen LogP contribution in [0, 0.1) is 5.92 Å². The summed E-state index contributed by atoms with van der Waals surface area (Å²) in [4.78, 5) is 0. The van der Waals surface area contributed by atoms with E-state index in [2.05, 4.69) is 6.92 Å². The van der Waals surface area contributed by atoms with Crippen LogP contribution >= 0.6 is 0 Å². The molecule has 2 unspecified atom stereocenters. The van der Waals surface area contributed by atoms with Crippen molar-refractivity contribution in [2.45, 2.75) is 25.9 Å². The molecule has 0 heterocycles. The molecular formula is C12H16O2. The average molecular weight is 192 g/mol. The molecule has 0 aromatic heterocycles. The molecule has 0 radical (unpaired) electrons. The Hall–Kier alpha value is -1.02. The van der Waals surface area contributed by atoms with Gasteiger partial charge in [-0.05, 0) is 37.0 Å². The summed E-state index contributed by atoms with van der Waals surface area (Å²) in [5.74, 6) is 1.26. The molecule has 1 saturated carbocycles. The summed E-state index contributed by atoms with van der Waals surface area (Å²) >= 11 is 0. The summed E-state index contributed by atoms with van der Waals surface area (Å²) in [5.41, 5.74) is 0.443. The van der Waals surface area contributed by atoms with Crippen LogP contribution in [0.25, 0.3) is 0 Å². The Morgan fingerprint density at radius 2 is 2.00 bits per heavy atom. The van der Waals surface area contributed by atoms with Crippen LogP contribution in [0.2, 0.25) is 0 Å². The van der Waals surface area contributed by atoms with Crippen LogP contribution < -0.4 is 4.74 Å². The van der Waals surface area contributed by atoms with Crippen molar-refractivity contribution in [3.8, 4) is 5.75 Å². The van der Waals surface area contributed by atoms with Gasteiger partial charge in [-0.1, -0.05) is 19.1 Å². The number of aliphatic hydroxyl groups is 1. The minimum absolute atomic E-state index is 0.389. The van der Waals surface area contributed by atoms with Crippen LogP contribution in [0.3, 0.4) is 0 Å². The maximum atomic E-state index is 10.0. The molecule has 2 rings (SSSR count). The summed E-state index contributed by atoms with van der Waals surface area (Å²) in [7, 11) is 0. The molecule has 2 nitrogen and oxygen atoms in total. The van der Waals surface area contributed by atoms with E-state index in [-0.39, 0.29) is 0 Å². The lowest BCUT2D eigenvalue weighted by Crippen LogP contribution is -2.07. The molecular weight excluding hydrogens is 176 g/mol. The highest BCUT2D eigenvalue weighted by molar-refractivity contribution is 5.34. The van der Waals surface area contributed by atoms with Crippen LogP contribution in [0.1, 0.15) is 25.8 Å². The minimum Gasteiger partial charge on any atom is -0.494 e. The Morgan fingerprint density at radius 3 is 2.43 bits per heavy atom. The second kappa shape index (κ2) is 3.28. The third-order valence-corrected chi connectivity index (χ3v) is 2.94. The maximum Gasteiger partial charge on any atom is 0.119 e. The second-order valence-electron chi connectivity index (χ2n) is 3.99. The fourth-order valence-electron chi connectivity index (χ4n) is 1.82. The van der Waals surface area contributed by atoms with Gasteiger partial charge >= 0.3 is 0 Å². The highest BCUT2D eigenvalue weighted by atomic mass is 16.5. The molecule has 76 valence electrons. The van der Waals surface area contributed by atoms with Crippen LogP contribution in [0.15, 0.2) is 24.3 Å². The number of hydrogen-bond donors (Lipinski definition) is 1. The van der Waals surface area contributed by atoms with Crippen LogP contribution in [0.4, 0.5) is 0 Å². The van der Waals surface area contributed by atoms with Crippen LogP contribution in [-0.2, 0) is 5.60 Å². The highest BCUT2D eigenvalue weighted by Crippen LogP contribution is 2.51. The van der Waals surface area contributed by atoms with Gasteiger partial charge in [0.1, 0.15) is 5.75 Å². The van der Waals surface area contributed by atoms with Gasteiger partial charge < -0.3 is 9.84 Å². The Kier molecular flexibility index (Phi) is 2.23. The monoisotopic (exact) mass is 192 g/mol. The van der Waals surface area contributed by atoms with Gasteiger partial charge in [-0.15, -0.1) is 0 Å². The van der Waals surface area contributed by atoms with Gasteiger partial charge in [-0.3, -0.25) is 0 Å². The van der Waals surface area contributed by atoms with E-state index in [1.165, 1.54) is 0 Å². The fraction of sp³-hybridized carbons (Fsp3) is 0.500.